The zero-order valence-corrected chi connectivity index (χ0v) is 9.05. The maximum absolute atomic E-state index is 10.8. The fourth-order valence-corrected chi connectivity index (χ4v) is 2.28. The summed E-state index contributed by atoms with van der Waals surface area (Å²) in [6, 6.07) is 0. The summed E-state index contributed by atoms with van der Waals surface area (Å²) < 4.78 is 10.8. The van der Waals surface area contributed by atoms with E-state index in [0.717, 1.165) is 24.1 Å². The summed E-state index contributed by atoms with van der Waals surface area (Å²) in [5.41, 5.74) is 0. The molecule has 1 heterocycles. The van der Waals surface area contributed by atoms with E-state index in [9.17, 15) is 9.00 Å². The Balaban J connectivity index is 2.64. The molecule has 4 nitrogen and oxygen atoms in total. The van der Waals surface area contributed by atoms with Crippen molar-refractivity contribution in [3.05, 3.63) is 0 Å². The molecular formula is C9H15NO3S. The summed E-state index contributed by atoms with van der Waals surface area (Å²) in [6.07, 6.45) is 1.68. The molecule has 80 valence electrons. The average Bonchev–Trinajstić information content (AvgIpc) is 2.20. The fraction of sp³-hybridized carbons (Fsp3) is 0.778. The summed E-state index contributed by atoms with van der Waals surface area (Å²) in [4.78, 5) is 13.0. The van der Waals surface area contributed by atoms with Crippen molar-refractivity contribution in [2.75, 3.05) is 13.1 Å². The Morgan fingerprint density at radius 2 is 2.36 bits per heavy atom. The third-order valence-corrected chi connectivity index (χ3v) is 3.44. The van der Waals surface area contributed by atoms with Crippen molar-refractivity contribution < 1.29 is 14.1 Å². The van der Waals surface area contributed by atoms with Crippen LogP contribution < -0.4 is 0 Å². The molecule has 0 aliphatic carbocycles. The molecule has 0 aromatic rings. The van der Waals surface area contributed by atoms with Crippen molar-refractivity contribution >= 4 is 22.2 Å². The van der Waals surface area contributed by atoms with Crippen LogP contribution in [-0.2, 0) is 11.3 Å². The first-order valence-electron chi connectivity index (χ1n) is 4.82. The van der Waals surface area contributed by atoms with E-state index in [1.165, 1.54) is 4.90 Å². The van der Waals surface area contributed by atoms with E-state index >= 15 is 0 Å². The number of nitrogens with zero attached hydrogens (tertiary/aromatic N) is 1. The van der Waals surface area contributed by atoms with Gasteiger partial charge in [0.15, 0.2) is 0 Å². The van der Waals surface area contributed by atoms with Gasteiger partial charge in [-0.15, -0.1) is 0 Å². The normalized spacial score (nSPS) is 21.8. The van der Waals surface area contributed by atoms with E-state index in [2.05, 4.69) is 0 Å². The topological polar surface area (TPSA) is 57.6 Å². The second-order valence-electron chi connectivity index (χ2n) is 3.47. The van der Waals surface area contributed by atoms with Crippen molar-refractivity contribution in [3.8, 4) is 0 Å². The molecule has 0 radical (unpaired) electrons. The molecule has 14 heavy (non-hydrogen) atoms. The molecular weight excluding hydrogens is 202 g/mol. The minimum absolute atomic E-state index is 0.160. The molecule has 1 fully saturated rings. The smallest absolute Gasteiger partial charge is 0.407 e. The summed E-state index contributed by atoms with van der Waals surface area (Å²) in [6.45, 7) is 3.04. The van der Waals surface area contributed by atoms with Crippen molar-refractivity contribution in [1.29, 1.82) is 0 Å². The van der Waals surface area contributed by atoms with Gasteiger partial charge in [0, 0.05) is 23.9 Å². The Bertz CT molecular complexity index is 273. The zero-order valence-electron chi connectivity index (χ0n) is 8.23. The molecule has 1 amide bonds. The number of hydrogen-bond acceptors (Lipinski definition) is 2. The average molecular weight is 217 g/mol. The first kappa shape index (κ1) is 11.2. The number of amides is 1. The lowest BCUT2D eigenvalue weighted by atomic mass is 9.94. The van der Waals surface area contributed by atoms with E-state index in [4.69, 9.17) is 5.11 Å². The maximum Gasteiger partial charge on any atom is 0.407 e. The van der Waals surface area contributed by atoms with Gasteiger partial charge in [-0.3, -0.25) is 0 Å². The lowest BCUT2D eigenvalue weighted by Crippen LogP contribution is -2.41. The van der Waals surface area contributed by atoms with Gasteiger partial charge in [0.05, 0.1) is 11.3 Å². The first-order chi connectivity index (χ1) is 6.69. The molecule has 1 aliphatic rings. The van der Waals surface area contributed by atoms with E-state index < -0.39 is 6.09 Å². The van der Waals surface area contributed by atoms with Crippen LogP contribution in [0.3, 0.4) is 0 Å². The highest BCUT2D eigenvalue weighted by atomic mass is 32.1. The van der Waals surface area contributed by atoms with Gasteiger partial charge in [-0.2, -0.15) is 0 Å². The van der Waals surface area contributed by atoms with Gasteiger partial charge >= 0.3 is 6.09 Å². The quantitative estimate of drug-likeness (QED) is 0.706. The maximum atomic E-state index is 10.8. The van der Waals surface area contributed by atoms with Crippen LogP contribution in [0.2, 0.25) is 0 Å². The minimum atomic E-state index is -0.874. The Kier molecular flexibility index (Phi) is 4.13. The van der Waals surface area contributed by atoms with Gasteiger partial charge in [-0.25, -0.2) is 9.00 Å². The second-order valence-corrected chi connectivity index (χ2v) is 4.16. The number of carbonyl (C=O) groups is 1. The Morgan fingerprint density at radius 1 is 1.64 bits per heavy atom. The largest absolute Gasteiger partial charge is 0.465 e. The van der Waals surface area contributed by atoms with Crippen LogP contribution in [0.25, 0.3) is 0 Å². The SMILES string of the molecule is CCC(=S=O)[C@H]1CCCN(C(=O)O)C1. The molecule has 1 N–H and O–H groups in total. The lowest BCUT2D eigenvalue weighted by molar-refractivity contribution is 0.129. The Morgan fingerprint density at radius 3 is 2.86 bits per heavy atom. The molecule has 1 rings (SSSR count). The molecule has 0 saturated carbocycles. The summed E-state index contributed by atoms with van der Waals surface area (Å²) >= 11 is 0.537. The highest BCUT2D eigenvalue weighted by Gasteiger charge is 2.25. The van der Waals surface area contributed by atoms with Gasteiger partial charge in [0.2, 0.25) is 0 Å². The molecule has 5 heteroatoms. The molecule has 1 saturated heterocycles. The molecule has 0 aromatic heterocycles. The zero-order chi connectivity index (χ0) is 10.6. The summed E-state index contributed by atoms with van der Waals surface area (Å²) in [7, 11) is 0. The highest BCUT2D eigenvalue weighted by Crippen LogP contribution is 2.18. The van der Waals surface area contributed by atoms with Crippen molar-refractivity contribution in [2.24, 2.45) is 5.92 Å². The predicted octanol–water partition coefficient (Wildman–Crippen LogP) is 1.17. The molecule has 0 unspecified atom stereocenters. The van der Waals surface area contributed by atoms with Crippen LogP contribution in [-0.4, -0.2) is 38.3 Å². The Hall–Kier alpha value is -0.840. The van der Waals surface area contributed by atoms with Gasteiger partial charge in [0.1, 0.15) is 0 Å². The van der Waals surface area contributed by atoms with Crippen molar-refractivity contribution in [2.45, 2.75) is 26.2 Å². The monoisotopic (exact) mass is 217 g/mol. The minimum Gasteiger partial charge on any atom is -0.465 e. The lowest BCUT2D eigenvalue weighted by Gasteiger charge is -2.30. The summed E-state index contributed by atoms with van der Waals surface area (Å²) in [5.74, 6) is 0.160. The van der Waals surface area contributed by atoms with Crippen LogP contribution in [0, 0.1) is 5.92 Å². The molecule has 0 aromatic carbocycles. The number of rotatable bonds is 2. The van der Waals surface area contributed by atoms with Crippen LogP contribution in [0.15, 0.2) is 0 Å². The van der Waals surface area contributed by atoms with Crippen LogP contribution >= 0.6 is 0 Å². The number of likely N-dealkylation sites (tertiary alicyclic amines) is 1. The highest BCUT2D eigenvalue weighted by molar-refractivity contribution is 7.66. The van der Waals surface area contributed by atoms with E-state index in [-0.39, 0.29) is 5.92 Å². The standard InChI is InChI=1S/C9H15NO3S/c1-2-8(14-13)7-4-3-5-10(6-7)9(11)12/h7H,2-6H2,1H3,(H,11,12)/t7-/m0/s1. The van der Waals surface area contributed by atoms with Gasteiger partial charge < -0.3 is 10.0 Å². The molecule has 0 bridgehead atoms. The third-order valence-electron chi connectivity index (χ3n) is 2.60. The summed E-state index contributed by atoms with van der Waals surface area (Å²) in [5, 5.41) is 8.81. The van der Waals surface area contributed by atoms with Gasteiger partial charge in [0.25, 0.3) is 0 Å². The van der Waals surface area contributed by atoms with Gasteiger partial charge in [-0.1, -0.05) is 6.92 Å². The molecule has 0 spiro atoms. The van der Waals surface area contributed by atoms with E-state index in [1.54, 1.807) is 0 Å². The van der Waals surface area contributed by atoms with Crippen LogP contribution in [0.4, 0.5) is 4.79 Å². The van der Waals surface area contributed by atoms with E-state index in [1.807, 2.05) is 6.92 Å². The third kappa shape index (κ3) is 2.57. The fourth-order valence-electron chi connectivity index (χ4n) is 1.83. The molecule has 1 aliphatic heterocycles. The van der Waals surface area contributed by atoms with Crippen molar-refractivity contribution in [3.63, 3.8) is 0 Å². The first-order valence-corrected chi connectivity index (χ1v) is 5.56. The predicted molar refractivity (Wildman–Crippen MR) is 55.8 cm³/mol. The molecule has 1 atom stereocenters. The van der Waals surface area contributed by atoms with Crippen LogP contribution in [0.1, 0.15) is 26.2 Å². The van der Waals surface area contributed by atoms with E-state index in [0.29, 0.717) is 24.3 Å². The second kappa shape index (κ2) is 5.14. The van der Waals surface area contributed by atoms with Crippen molar-refractivity contribution in [1.82, 2.24) is 4.90 Å². The van der Waals surface area contributed by atoms with Crippen LogP contribution in [0.5, 0.6) is 0 Å². The van der Waals surface area contributed by atoms with Gasteiger partial charge in [-0.05, 0) is 19.3 Å². The number of hydrogen-bond donors (Lipinski definition) is 1. The number of piperidine rings is 1. The Labute approximate surface area is 87.0 Å². The number of carboxylic acid groups (broad SMARTS) is 1.